The van der Waals surface area contributed by atoms with E-state index in [0.29, 0.717) is 34.9 Å². The van der Waals surface area contributed by atoms with Gasteiger partial charge in [-0.25, -0.2) is 0 Å². The van der Waals surface area contributed by atoms with Crippen LogP contribution in [-0.2, 0) is 6.42 Å². The molecule has 0 radical (unpaired) electrons. The number of phenols is 1. The van der Waals surface area contributed by atoms with E-state index in [1.54, 1.807) is 12.3 Å². The Morgan fingerprint density at radius 1 is 1.04 bits per heavy atom. The third-order valence-corrected chi connectivity index (χ3v) is 4.24. The minimum absolute atomic E-state index is 0.156. The van der Waals surface area contributed by atoms with Crippen molar-refractivity contribution in [1.29, 1.82) is 0 Å². The molecule has 0 fully saturated rings. The summed E-state index contributed by atoms with van der Waals surface area (Å²) >= 11 is 0. The number of aromatic nitrogens is 2. The summed E-state index contributed by atoms with van der Waals surface area (Å²) in [5.74, 6) is 2.12. The molecule has 0 spiro atoms. The van der Waals surface area contributed by atoms with Gasteiger partial charge in [-0.05, 0) is 50.1 Å². The van der Waals surface area contributed by atoms with E-state index in [9.17, 15) is 5.11 Å². The third kappa shape index (κ3) is 3.67. The Bertz CT molecular complexity index is 869. The SMILES string of the molecule is CCCc1ccc(Oc2cn[nH]c2-c2ccc(OCC)c(C)c2O)cc1. The molecule has 0 unspecified atom stereocenters. The molecular formula is C21H24N2O3. The number of ether oxygens (including phenoxy) is 2. The minimum Gasteiger partial charge on any atom is -0.507 e. The molecule has 0 aliphatic rings. The highest BCUT2D eigenvalue weighted by Gasteiger charge is 2.17. The fourth-order valence-electron chi connectivity index (χ4n) is 2.88. The smallest absolute Gasteiger partial charge is 0.173 e. The maximum Gasteiger partial charge on any atom is 0.173 e. The second-order valence-corrected chi connectivity index (χ2v) is 6.12. The number of aromatic hydroxyl groups is 1. The van der Waals surface area contributed by atoms with Crippen molar-refractivity contribution in [2.24, 2.45) is 0 Å². The summed E-state index contributed by atoms with van der Waals surface area (Å²) in [6.07, 6.45) is 3.78. The summed E-state index contributed by atoms with van der Waals surface area (Å²) in [5, 5.41) is 17.6. The van der Waals surface area contributed by atoms with E-state index in [1.165, 1.54) is 5.56 Å². The summed E-state index contributed by atoms with van der Waals surface area (Å²) in [5.41, 5.74) is 3.23. The molecule has 0 saturated heterocycles. The van der Waals surface area contributed by atoms with Gasteiger partial charge < -0.3 is 14.6 Å². The lowest BCUT2D eigenvalue weighted by molar-refractivity contribution is 0.335. The lowest BCUT2D eigenvalue weighted by atomic mass is 10.1. The molecule has 1 heterocycles. The van der Waals surface area contributed by atoms with E-state index in [-0.39, 0.29) is 5.75 Å². The van der Waals surface area contributed by atoms with Gasteiger partial charge in [0.25, 0.3) is 0 Å². The Kier molecular flexibility index (Phi) is 5.46. The number of benzene rings is 2. The Labute approximate surface area is 153 Å². The van der Waals surface area contributed by atoms with Crippen LogP contribution in [-0.4, -0.2) is 21.9 Å². The number of aryl methyl sites for hydroxylation is 1. The predicted octanol–water partition coefficient (Wildman–Crippen LogP) is 5.23. The minimum atomic E-state index is 0.156. The van der Waals surface area contributed by atoms with Crippen LogP contribution < -0.4 is 9.47 Å². The van der Waals surface area contributed by atoms with Crippen molar-refractivity contribution in [3.8, 4) is 34.3 Å². The highest BCUT2D eigenvalue weighted by Crippen LogP contribution is 2.40. The fourth-order valence-corrected chi connectivity index (χ4v) is 2.88. The summed E-state index contributed by atoms with van der Waals surface area (Å²) in [6, 6.07) is 11.7. The topological polar surface area (TPSA) is 67.4 Å². The molecule has 3 aromatic rings. The van der Waals surface area contributed by atoms with Crippen LogP contribution in [0.25, 0.3) is 11.3 Å². The van der Waals surface area contributed by atoms with E-state index in [4.69, 9.17) is 9.47 Å². The first-order valence-corrected chi connectivity index (χ1v) is 8.89. The molecule has 2 aromatic carbocycles. The van der Waals surface area contributed by atoms with Crippen molar-refractivity contribution >= 4 is 0 Å². The van der Waals surface area contributed by atoms with Crippen molar-refractivity contribution < 1.29 is 14.6 Å². The van der Waals surface area contributed by atoms with Crippen LogP contribution in [0.3, 0.4) is 0 Å². The second-order valence-electron chi connectivity index (χ2n) is 6.12. The standard InChI is InChI=1S/C21H24N2O3/c1-4-6-15-7-9-16(10-8-15)26-19-13-22-23-20(19)17-11-12-18(25-5-2)14(3)21(17)24/h7-13,24H,4-6H2,1-3H3,(H,22,23). The monoisotopic (exact) mass is 352 g/mol. The molecule has 0 atom stereocenters. The molecule has 0 saturated carbocycles. The number of nitrogens with zero attached hydrogens (tertiary/aromatic N) is 1. The largest absolute Gasteiger partial charge is 0.507 e. The molecule has 5 nitrogen and oxygen atoms in total. The van der Waals surface area contributed by atoms with Crippen LogP contribution in [0, 0.1) is 6.92 Å². The molecule has 0 bridgehead atoms. The Hall–Kier alpha value is -2.95. The second kappa shape index (κ2) is 7.95. The summed E-state index contributed by atoms with van der Waals surface area (Å²) in [6.45, 7) is 6.45. The number of phenolic OH excluding ortho intramolecular Hbond substituents is 1. The molecule has 0 amide bonds. The van der Waals surface area contributed by atoms with E-state index in [1.807, 2.05) is 32.0 Å². The molecule has 26 heavy (non-hydrogen) atoms. The average molecular weight is 352 g/mol. The Morgan fingerprint density at radius 3 is 2.50 bits per heavy atom. The molecule has 0 aliphatic heterocycles. The van der Waals surface area contributed by atoms with Gasteiger partial charge in [-0.3, -0.25) is 5.10 Å². The van der Waals surface area contributed by atoms with Gasteiger partial charge in [0, 0.05) is 11.1 Å². The molecule has 5 heteroatoms. The lowest BCUT2D eigenvalue weighted by Gasteiger charge is -2.13. The normalized spacial score (nSPS) is 10.7. The van der Waals surface area contributed by atoms with Gasteiger partial charge in [-0.2, -0.15) is 5.10 Å². The summed E-state index contributed by atoms with van der Waals surface area (Å²) < 4.78 is 11.5. The molecule has 136 valence electrons. The number of rotatable bonds is 7. The zero-order chi connectivity index (χ0) is 18.5. The van der Waals surface area contributed by atoms with Crippen LogP contribution in [0.1, 0.15) is 31.4 Å². The maximum absolute atomic E-state index is 10.6. The third-order valence-electron chi connectivity index (χ3n) is 4.24. The maximum atomic E-state index is 10.6. The summed E-state index contributed by atoms with van der Waals surface area (Å²) in [4.78, 5) is 0. The number of nitrogens with one attached hydrogen (secondary N) is 1. The highest BCUT2D eigenvalue weighted by molar-refractivity contribution is 5.75. The molecule has 0 aliphatic carbocycles. The van der Waals surface area contributed by atoms with Crippen molar-refractivity contribution in [2.45, 2.75) is 33.6 Å². The van der Waals surface area contributed by atoms with Crippen molar-refractivity contribution in [3.63, 3.8) is 0 Å². The first-order chi connectivity index (χ1) is 12.6. The number of hydrogen-bond donors (Lipinski definition) is 2. The first kappa shape index (κ1) is 17.9. The van der Waals surface area contributed by atoms with Crippen LogP contribution in [0.2, 0.25) is 0 Å². The average Bonchev–Trinajstić information content (AvgIpc) is 3.09. The van der Waals surface area contributed by atoms with Gasteiger partial charge >= 0.3 is 0 Å². The van der Waals surface area contributed by atoms with E-state index in [2.05, 4.69) is 29.3 Å². The van der Waals surface area contributed by atoms with Crippen LogP contribution in [0.5, 0.6) is 23.0 Å². The highest BCUT2D eigenvalue weighted by atomic mass is 16.5. The number of hydrogen-bond acceptors (Lipinski definition) is 4. The lowest BCUT2D eigenvalue weighted by Crippen LogP contribution is -1.95. The predicted molar refractivity (Wildman–Crippen MR) is 102 cm³/mol. The van der Waals surface area contributed by atoms with E-state index >= 15 is 0 Å². The zero-order valence-corrected chi connectivity index (χ0v) is 15.4. The zero-order valence-electron chi connectivity index (χ0n) is 15.4. The van der Waals surface area contributed by atoms with Crippen molar-refractivity contribution in [2.75, 3.05) is 6.61 Å². The summed E-state index contributed by atoms with van der Waals surface area (Å²) in [7, 11) is 0. The van der Waals surface area contributed by atoms with Gasteiger partial charge in [0.2, 0.25) is 0 Å². The van der Waals surface area contributed by atoms with Gasteiger partial charge in [0.05, 0.1) is 12.8 Å². The fraction of sp³-hybridized carbons (Fsp3) is 0.286. The van der Waals surface area contributed by atoms with E-state index < -0.39 is 0 Å². The molecule has 3 rings (SSSR count). The van der Waals surface area contributed by atoms with Gasteiger partial charge in [-0.1, -0.05) is 25.5 Å². The Balaban J connectivity index is 1.88. The van der Waals surface area contributed by atoms with Crippen LogP contribution >= 0.6 is 0 Å². The number of aromatic amines is 1. The van der Waals surface area contributed by atoms with Gasteiger partial charge in [0.15, 0.2) is 5.75 Å². The Morgan fingerprint density at radius 2 is 1.81 bits per heavy atom. The molecular weight excluding hydrogens is 328 g/mol. The van der Waals surface area contributed by atoms with Crippen molar-refractivity contribution in [1.82, 2.24) is 10.2 Å². The van der Waals surface area contributed by atoms with Crippen LogP contribution in [0.15, 0.2) is 42.6 Å². The van der Waals surface area contributed by atoms with Crippen LogP contribution in [0.4, 0.5) is 0 Å². The van der Waals surface area contributed by atoms with Gasteiger partial charge in [-0.15, -0.1) is 0 Å². The quantitative estimate of drug-likeness (QED) is 0.610. The molecule has 1 aromatic heterocycles. The van der Waals surface area contributed by atoms with E-state index in [0.717, 1.165) is 18.6 Å². The molecule has 2 N–H and O–H groups in total. The number of H-pyrrole nitrogens is 1. The van der Waals surface area contributed by atoms with Crippen molar-refractivity contribution in [3.05, 3.63) is 53.7 Å². The van der Waals surface area contributed by atoms with Gasteiger partial charge in [0.1, 0.15) is 22.9 Å². The first-order valence-electron chi connectivity index (χ1n) is 8.89.